The number of rotatable bonds is 7. The first-order valence-electron chi connectivity index (χ1n) is 8.73. The molecular formula is C20H27N3O3S. The molecule has 1 amide bonds. The first kappa shape index (κ1) is 20.8. The average molecular weight is 390 g/mol. The van der Waals surface area contributed by atoms with Crippen molar-refractivity contribution in [2.45, 2.75) is 19.8 Å². The molecule has 0 aliphatic carbocycles. The number of hydrogen-bond donors (Lipinski definition) is 1. The number of nitrogens with zero attached hydrogens (tertiary/aromatic N) is 2. The number of hydrogen-bond acceptors (Lipinski definition) is 4. The molecule has 0 atom stereocenters. The van der Waals surface area contributed by atoms with Crippen LogP contribution in [0, 0.1) is 0 Å². The van der Waals surface area contributed by atoms with Crippen LogP contribution in [0.15, 0.2) is 48.5 Å². The third-order valence-electron chi connectivity index (χ3n) is 4.20. The van der Waals surface area contributed by atoms with Crippen molar-refractivity contribution in [2.75, 3.05) is 41.4 Å². The van der Waals surface area contributed by atoms with Crippen molar-refractivity contribution in [2.24, 2.45) is 0 Å². The van der Waals surface area contributed by atoms with Crippen molar-refractivity contribution in [1.29, 1.82) is 0 Å². The van der Waals surface area contributed by atoms with Crippen molar-refractivity contribution >= 4 is 33.0 Å². The summed E-state index contributed by atoms with van der Waals surface area (Å²) in [6.45, 7) is 3.91. The monoisotopic (exact) mass is 389 g/mol. The van der Waals surface area contributed by atoms with E-state index in [0.717, 1.165) is 16.2 Å². The average Bonchev–Trinajstić information content (AvgIpc) is 2.59. The van der Waals surface area contributed by atoms with Gasteiger partial charge in [-0.05, 0) is 47.9 Å². The standard InChI is InChI=1S/C20H27N3O3S/c1-15(2)16-6-8-17(9-7-16)21-20(24)14-23(27(5,25)26)19-12-10-18(11-13-19)22(3)4/h6-13,15H,14H2,1-5H3,(H,21,24). The topological polar surface area (TPSA) is 69.7 Å². The van der Waals surface area contributed by atoms with Crippen molar-refractivity contribution in [3.8, 4) is 0 Å². The molecule has 7 heteroatoms. The van der Waals surface area contributed by atoms with Crippen LogP contribution in [0.4, 0.5) is 17.1 Å². The van der Waals surface area contributed by atoms with E-state index in [1.807, 2.05) is 55.4 Å². The van der Waals surface area contributed by atoms with Gasteiger partial charge in [0.25, 0.3) is 0 Å². The Hall–Kier alpha value is -2.54. The Bertz CT molecular complexity index is 874. The summed E-state index contributed by atoms with van der Waals surface area (Å²) < 4.78 is 25.5. The maximum absolute atomic E-state index is 12.4. The molecular weight excluding hydrogens is 362 g/mol. The number of nitrogens with one attached hydrogen (secondary N) is 1. The first-order chi connectivity index (χ1) is 12.6. The van der Waals surface area contributed by atoms with Gasteiger partial charge in [-0.3, -0.25) is 9.10 Å². The SMILES string of the molecule is CC(C)c1ccc(NC(=O)CN(c2ccc(N(C)C)cc2)S(C)(=O)=O)cc1. The molecule has 0 heterocycles. The predicted molar refractivity (Wildman–Crippen MR) is 112 cm³/mol. The van der Waals surface area contributed by atoms with Gasteiger partial charge in [-0.2, -0.15) is 0 Å². The summed E-state index contributed by atoms with van der Waals surface area (Å²) in [6, 6.07) is 14.6. The molecule has 0 radical (unpaired) electrons. The van der Waals surface area contributed by atoms with Crippen LogP contribution in [0.2, 0.25) is 0 Å². The normalized spacial score (nSPS) is 11.3. The lowest BCUT2D eigenvalue weighted by molar-refractivity contribution is -0.114. The molecule has 0 aromatic heterocycles. The zero-order valence-corrected chi connectivity index (χ0v) is 17.2. The highest BCUT2D eigenvalue weighted by Crippen LogP contribution is 2.22. The minimum atomic E-state index is -3.60. The Morgan fingerprint density at radius 3 is 1.93 bits per heavy atom. The fourth-order valence-corrected chi connectivity index (χ4v) is 3.46. The van der Waals surface area contributed by atoms with Gasteiger partial charge < -0.3 is 10.2 Å². The molecule has 0 unspecified atom stereocenters. The van der Waals surface area contributed by atoms with E-state index in [9.17, 15) is 13.2 Å². The van der Waals surface area contributed by atoms with Crippen molar-refractivity contribution < 1.29 is 13.2 Å². The summed E-state index contributed by atoms with van der Waals surface area (Å²) in [5, 5.41) is 2.76. The van der Waals surface area contributed by atoms with E-state index in [-0.39, 0.29) is 6.54 Å². The van der Waals surface area contributed by atoms with Gasteiger partial charge in [-0.15, -0.1) is 0 Å². The maximum atomic E-state index is 12.4. The fourth-order valence-electron chi connectivity index (χ4n) is 2.60. The maximum Gasteiger partial charge on any atom is 0.245 e. The minimum absolute atomic E-state index is 0.286. The highest BCUT2D eigenvalue weighted by atomic mass is 32.2. The second-order valence-corrected chi connectivity index (χ2v) is 8.91. The second kappa shape index (κ2) is 8.43. The van der Waals surface area contributed by atoms with E-state index in [4.69, 9.17) is 0 Å². The smallest absolute Gasteiger partial charge is 0.245 e. The van der Waals surface area contributed by atoms with Crippen LogP contribution < -0.4 is 14.5 Å². The molecule has 0 saturated heterocycles. The van der Waals surface area contributed by atoms with Crippen LogP contribution in [-0.2, 0) is 14.8 Å². The number of anilines is 3. The molecule has 27 heavy (non-hydrogen) atoms. The van der Waals surface area contributed by atoms with E-state index in [1.165, 1.54) is 5.56 Å². The zero-order valence-electron chi connectivity index (χ0n) is 16.4. The van der Waals surface area contributed by atoms with Gasteiger partial charge in [0, 0.05) is 25.5 Å². The minimum Gasteiger partial charge on any atom is -0.378 e. The highest BCUT2D eigenvalue weighted by Gasteiger charge is 2.21. The molecule has 2 aromatic rings. The van der Waals surface area contributed by atoms with Crippen molar-refractivity contribution in [1.82, 2.24) is 0 Å². The van der Waals surface area contributed by atoms with Crippen LogP contribution in [0.1, 0.15) is 25.3 Å². The number of carbonyl (C=O) groups is 1. The highest BCUT2D eigenvalue weighted by molar-refractivity contribution is 7.92. The van der Waals surface area contributed by atoms with E-state index in [1.54, 1.807) is 12.1 Å². The van der Waals surface area contributed by atoms with Crippen LogP contribution in [0.3, 0.4) is 0 Å². The third-order valence-corrected chi connectivity index (χ3v) is 5.34. The lowest BCUT2D eigenvalue weighted by Gasteiger charge is -2.23. The van der Waals surface area contributed by atoms with E-state index in [0.29, 0.717) is 17.3 Å². The first-order valence-corrected chi connectivity index (χ1v) is 10.6. The van der Waals surface area contributed by atoms with Crippen molar-refractivity contribution in [3.63, 3.8) is 0 Å². The van der Waals surface area contributed by atoms with Gasteiger partial charge in [0.1, 0.15) is 6.54 Å². The Kier molecular flexibility index (Phi) is 6.49. The lowest BCUT2D eigenvalue weighted by Crippen LogP contribution is -2.37. The van der Waals surface area contributed by atoms with Gasteiger partial charge in [0.2, 0.25) is 15.9 Å². The molecule has 2 aromatic carbocycles. The molecule has 0 fully saturated rings. The second-order valence-electron chi connectivity index (χ2n) is 7.01. The third kappa shape index (κ3) is 5.72. The molecule has 1 N–H and O–H groups in total. The lowest BCUT2D eigenvalue weighted by atomic mass is 10.0. The van der Waals surface area contributed by atoms with E-state index in [2.05, 4.69) is 19.2 Å². The van der Waals surface area contributed by atoms with Gasteiger partial charge in [0.05, 0.1) is 11.9 Å². The number of sulfonamides is 1. The molecule has 0 bridgehead atoms. The summed E-state index contributed by atoms with van der Waals surface area (Å²) in [7, 11) is 0.211. The summed E-state index contributed by atoms with van der Waals surface area (Å²) >= 11 is 0. The van der Waals surface area contributed by atoms with Crippen LogP contribution >= 0.6 is 0 Å². The quantitative estimate of drug-likeness (QED) is 0.789. The van der Waals surface area contributed by atoms with Gasteiger partial charge >= 0.3 is 0 Å². The number of benzene rings is 2. The van der Waals surface area contributed by atoms with Crippen LogP contribution in [0.25, 0.3) is 0 Å². The Morgan fingerprint density at radius 1 is 0.963 bits per heavy atom. The summed E-state index contributed by atoms with van der Waals surface area (Å²) in [5.41, 5.74) is 3.21. The van der Waals surface area contributed by atoms with Crippen LogP contribution in [0.5, 0.6) is 0 Å². The van der Waals surface area contributed by atoms with E-state index >= 15 is 0 Å². The molecule has 0 aliphatic heterocycles. The Balaban J connectivity index is 2.15. The Morgan fingerprint density at radius 2 is 1.48 bits per heavy atom. The summed E-state index contributed by atoms with van der Waals surface area (Å²) in [4.78, 5) is 14.3. The molecule has 0 spiro atoms. The van der Waals surface area contributed by atoms with Gasteiger partial charge in [-0.1, -0.05) is 26.0 Å². The molecule has 2 rings (SSSR count). The molecule has 6 nitrogen and oxygen atoms in total. The fraction of sp³-hybridized carbons (Fsp3) is 0.350. The number of amides is 1. The zero-order chi connectivity index (χ0) is 20.2. The summed E-state index contributed by atoms with van der Waals surface area (Å²) in [6.07, 6.45) is 1.09. The molecule has 0 saturated carbocycles. The molecule has 0 aliphatic rings. The largest absolute Gasteiger partial charge is 0.378 e. The van der Waals surface area contributed by atoms with E-state index < -0.39 is 15.9 Å². The van der Waals surface area contributed by atoms with Crippen LogP contribution in [-0.4, -0.2) is 41.2 Å². The summed E-state index contributed by atoms with van der Waals surface area (Å²) in [5.74, 6) is 0.00928. The number of carbonyl (C=O) groups excluding carboxylic acids is 1. The Labute approximate surface area is 161 Å². The van der Waals surface area contributed by atoms with Gasteiger partial charge in [-0.25, -0.2) is 8.42 Å². The van der Waals surface area contributed by atoms with Gasteiger partial charge in [0.15, 0.2) is 0 Å². The predicted octanol–water partition coefficient (Wildman–Crippen LogP) is 3.28. The van der Waals surface area contributed by atoms with Crippen molar-refractivity contribution in [3.05, 3.63) is 54.1 Å². The molecule has 146 valence electrons.